The molecule has 5 rings (SSSR count). The Morgan fingerprint density at radius 3 is 2.55 bits per heavy atom. The second-order valence-electron chi connectivity index (χ2n) is 11.9. The number of nitrogens with zero attached hydrogens (tertiary/aromatic N) is 2. The third-order valence-corrected chi connectivity index (χ3v) is 7.65. The molecule has 236 valence electrons. The molecular weight excluding hydrogens is 575 g/mol. The molecule has 3 unspecified atom stereocenters. The van der Waals surface area contributed by atoms with Crippen molar-refractivity contribution in [2.75, 3.05) is 49.7 Å². The van der Waals surface area contributed by atoms with Crippen LogP contribution in [0.25, 0.3) is 0 Å². The largest absolute Gasteiger partial charge is 0.444 e. The number of alkyl carbamates (subject to hydrolysis) is 1. The van der Waals surface area contributed by atoms with Gasteiger partial charge >= 0.3 is 6.09 Å². The monoisotopic (exact) mass is 612 g/mol. The highest BCUT2D eigenvalue weighted by atomic mass is 19.1. The molecule has 1 aliphatic carbocycles. The summed E-state index contributed by atoms with van der Waals surface area (Å²) in [4.78, 5) is 54.3. The zero-order chi connectivity index (χ0) is 31.6. The number of aliphatic hydroxyl groups excluding tert-OH is 1. The van der Waals surface area contributed by atoms with E-state index in [0.717, 1.165) is 17.2 Å². The van der Waals surface area contributed by atoms with Crippen LogP contribution in [0.2, 0.25) is 0 Å². The van der Waals surface area contributed by atoms with Crippen LogP contribution in [-0.4, -0.2) is 91.1 Å². The number of aryl methyl sites for hydroxylation is 1. The van der Waals surface area contributed by atoms with Crippen LogP contribution in [0.1, 0.15) is 54.7 Å². The molecule has 2 saturated heterocycles. The summed E-state index contributed by atoms with van der Waals surface area (Å²) < 4.78 is 30.8. The quantitative estimate of drug-likeness (QED) is 0.451. The van der Waals surface area contributed by atoms with E-state index in [1.54, 1.807) is 39.0 Å². The summed E-state index contributed by atoms with van der Waals surface area (Å²) in [5.41, 5.74) is 1.69. The van der Waals surface area contributed by atoms with Gasteiger partial charge in [-0.05, 0) is 75.1 Å². The number of aliphatic hydroxyl groups is 1. The van der Waals surface area contributed by atoms with Crippen molar-refractivity contribution in [2.24, 2.45) is 0 Å². The molecule has 0 aromatic heterocycles. The second-order valence-corrected chi connectivity index (χ2v) is 11.9. The molecule has 44 heavy (non-hydrogen) atoms. The number of nitrogens with one attached hydrogen (secondary N) is 2. The first kappa shape index (κ1) is 31.4. The summed E-state index contributed by atoms with van der Waals surface area (Å²) in [6, 6.07) is 8.76. The summed E-state index contributed by atoms with van der Waals surface area (Å²) in [5.74, 6) is -2.76. The Morgan fingerprint density at radius 2 is 1.82 bits per heavy atom. The van der Waals surface area contributed by atoms with E-state index in [0.29, 0.717) is 44.8 Å². The number of hydrogen-bond donors (Lipinski definition) is 3. The van der Waals surface area contributed by atoms with Crippen LogP contribution in [-0.2, 0) is 30.2 Å². The van der Waals surface area contributed by atoms with E-state index in [1.807, 2.05) is 0 Å². The van der Waals surface area contributed by atoms with Gasteiger partial charge in [-0.25, -0.2) is 9.18 Å². The Kier molecular flexibility index (Phi) is 9.18. The standard InChI is InChI=1S/C31H37FN4O8/c1-31(2,3)44-30(41)34-24-9-4-18-16-19(5-7-21(18)24)33-27(38)25(37)26-29(40)36(12-15-43-26)20-6-8-23(32)22(17-20)28(39)35-10-13-42-14-11-35/h5-8,16-17,24-26,37H,4,9-15H2,1-3H3,(H,33,38)(H,34,41). The van der Waals surface area contributed by atoms with Gasteiger partial charge in [-0.15, -0.1) is 0 Å². The number of morpholine rings is 2. The first-order valence-electron chi connectivity index (χ1n) is 14.6. The van der Waals surface area contributed by atoms with E-state index in [4.69, 9.17) is 14.2 Å². The number of rotatable bonds is 6. The van der Waals surface area contributed by atoms with E-state index in [9.17, 15) is 28.7 Å². The fraction of sp³-hybridized carbons (Fsp3) is 0.484. The molecule has 2 aromatic rings. The van der Waals surface area contributed by atoms with Crippen molar-refractivity contribution in [3.8, 4) is 0 Å². The lowest BCUT2D eigenvalue weighted by molar-refractivity contribution is -0.150. The van der Waals surface area contributed by atoms with Gasteiger partial charge in [-0.2, -0.15) is 0 Å². The first-order chi connectivity index (χ1) is 20.9. The number of anilines is 2. The maximum Gasteiger partial charge on any atom is 0.408 e. The Hall–Kier alpha value is -4.07. The van der Waals surface area contributed by atoms with Crippen molar-refractivity contribution in [3.05, 3.63) is 58.9 Å². The molecule has 0 radical (unpaired) electrons. The molecule has 3 N–H and O–H groups in total. The summed E-state index contributed by atoms with van der Waals surface area (Å²) in [6.07, 6.45) is -2.53. The van der Waals surface area contributed by atoms with E-state index in [1.165, 1.54) is 21.9 Å². The molecule has 0 spiro atoms. The lowest BCUT2D eigenvalue weighted by Gasteiger charge is -2.34. The zero-order valence-electron chi connectivity index (χ0n) is 24.9. The number of benzene rings is 2. The first-order valence-corrected chi connectivity index (χ1v) is 14.6. The van der Waals surface area contributed by atoms with Crippen molar-refractivity contribution in [1.82, 2.24) is 10.2 Å². The number of hydrogen-bond acceptors (Lipinski definition) is 8. The normalized spacial score (nSPS) is 21.0. The van der Waals surface area contributed by atoms with Gasteiger partial charge in [0, 0.05) is 31.0 Å². The fourth-order valence-electron chi connectivity index (χ4n) is 5.52. The number of carbonyl (C=O) groups excluding carboxylic acids is 4. The average molecular weight is 613 g/mol. The van der Waals surface area contributed by atoms with Crippen molar-refractivity contribution in [1.29, 1.82) is 0 Å². The third-order valence-electron chi connectivity index (χ3n) is 7.65. The van der Waals surface area contributed by atoms with Gasteiger partial charge in [-0.3, -0.25) is 14.4 Å². The minimum atomic E-state index is -1.84. The topological polar surface area (TPSA) is 147 Å². The van der Waals surface area contributed by atoms with Crippen LogP contribution in [0.3, 0.4) is 0 Å². The number of amides is 4. The van der Waals surface area contributed by atoms with Gasteiger partial charge in [0.1, 0.15) is 11.4 Å². The highest BCUT2D eigenvalue weighted by Crippen LogP contribution is 2.33. The molecule has 0 bridgehead atoms. The molecule has 3 atom stereocenters. The Bertz CT molecular complexity index is 1440. The lowest BCUT2D eigenvalue weighted by atomic mass is 10.1. The van der Waals surface area contributed by atoms with Gasteiger partial charge < -0.3 is 39.8 Å². The predicted octanol–water partition coefficient (Wildman–Crippen LogP) is 2.54. The molecular formula is C31H37FN4O8. The number of fused-ring (bicyclic) bond motifs is 1. The maximum absolute atomic E-state index is 14.7. The van der Waals surface area contributed by atoms with E-state index in [-0.39, 0.29) is 30.4 Å². The van der Waals surface area contributed by atoms with Crippen molar-refractivity contribution in [3.63, 3.8) is 0 Å². The minimum Gasteiger partial charge on any atom is -0.444 e. The fourth-order valence-corrected chi connectivity index (χ4v) is 5.52. The summed E-state index contributed by atoms with van der Waals surface area (Å²) >= 11 is 0. The summed E-state index contributed by atoms with van der Waals surface area (Å²) in [6.45, 7) is 6.83. The van der Waals surface area contributed by atoms with Crippen LogP contribution < -0.4 is 15.5 Å². The Balaban J connectivity index is 1.23. The maximum atomic E-state index is 14.7. The van der Waals surface area contributed by atoms with Crippen LogP contribution in [0, 0.1) is 5.82 Å². The van der Waals surface area contributed by atoms with Crippen LogP contribution in [0.5, 0.6) is 0 Å². The van der Waals surface area contributed by atoms with Crippen LogP contribution in [0.15, 0.2) is 36.4 Å². The lowest BCUT2D eigenvalue weighted by Crippen LogP contribution is -2.55. The van der Waals surface area contributed by atoms with Crippen molar-refractivity contribution in [2.45, 2.75) is 57.5 Å². The molecule has 13 heteroatoms. The van der Waals surface area contributed by atoms with Gasteiger partial charge in [0.15, 0.2) is 12.2 Å². The zero-order valence-corrected chi connectivity index (χ0v) is 24.9. The van der Waals surface area contributed by atoms with Crippen molar-refractivity contribution >= 4 is 35.2 Å². The molecule has 0 saturated carbocycles. The molecule has 2 aliphatic heterocycles. The van der Waals surface area contributed by atoms with Crippen LogP contribution >= 0.6 is 0 Å². The van der Waals surface area contributed by atoms with E-state index in [2.05, 4.69) is 10.6 Å². The van der Waals surface area contributed by atoms with E-state index >= 15 is 0 Å². The predicted molar refractivity (Wildman–Crippen MR) is 157 cm³/mol. The minimum absolute atomic E-state index is 0.00967. The summed E-state index contributed by atoms with van der Waals surface area (Å²) in [7, 11) is 0. The molecule has 2 aromatic carbocycles. The summed E-state index contributed by atoms with van der Waals surface area (Å²) in [5, 5.41) is 16.4. The SMILES string of the molecule is CC(C)(C)OC(=O)NC1CCc2cc(NC(=O)C(O)C3OCCN(c4ccc(F)c(C(=O)N5CCOCC5)c4)C3=O)ccc21. The van der Waals surface area contributed by atoms with Crippen LogP contribution in [0.4, 0.5) is 20.6 Å². The smallest absolute Gasteiger partial charge is 0.408 e. The third kappa shape index (κ3) is 7.01. The van der Waals surface area contributed by atoms with Crippen molar-refractivity contribution < 1.29 is 42.9 Å². The van der Waals surface area contributed by atoms with E-state index < -0.39 is 47.4 Å². The number of halogens is 1. The second kappa shape index (κ2) is 12.9. The highest BCUT2D eigenvalue weighted by molar-refractivity contribution is 6.04. The Labute approximate surface area is 254 Å². The molecule has 4 amide bonds. The highest BCUT2D eigenvalue weighted by Gasteiger charge is 2.40. The Morgan fingerprint density at radius 1 is 1.07 bits per heavy atom. The van der Waals surface area contributed by atoms with Gasteiger partial charge in [-0.1, -0.05) is 6.07 Å². The van der Waals surface area contributed by atoms with Gasteiger partial charge in [0.05, 0.1) is 31.4 Å². The van der Waals surface area contributed by atoms with Gasteiger partial charge in [0.2, 0.25) is 0 Å². The molecule has 2 fully saturated rings. The molecule has 2 heterocycles. The number of ether oxygens (including phenoxy) is 3. The van der Waals surface area contributed by atoms with Gasteiger partial charge in [0.25, 0.3) is 17.7 Å². The number of carbonyl (C=O) groups is 4. The molecule has 3 aliphatic rings. The molecule has 12 nitrogen and oxygen atoms in total. The average Bonchev–Trinajstić information content (AvgIpc) is 3.37.